The first kappa shape index (κ1) is 34.5. The third-order valence-electron chi connectivity index (χ3n) is 10.4. The highest BCUT2D eigenvalue weighted by molar-refractivity contribution is 6.23. The molecule has 4 heterocycles. The lowest BCUT2D eigenvalue weighted by Gasteiger charge is -2.24. The first-order valence-corrected chi connectivity index (χ1v) is 18.9. The van der Waals surface area contributed by atoms with Gasteiger partial charge >= 0.3 is 0 Å². The van der Waals surface area contributed by atoms with E-state index in [9.17, 15) is 0 Å². The normalized spacial score (nSPS) is 11.3. The van der Waals surface area contributed by atoms with Gasteiger partial charge in [-0.15, -0.1) is 0 Å². The van der Waals surface area contributed by atoms with Crippen LogP contribution in [0.3, 0.4) is 0 Å². The van der Waals surface area contributed by atoms with E-state index >= 15 is 0 Å². The van der Waals surface area contributed by atoms with E-state index in [0.29, 0.717) is 23.8 Å². The maximum Gasteiger partial charge on any atom is 0.240 e. The Morgan fingerprint density at radius 1 is 0.283 bits per heavy atom. The Hall–Kier alpha value is -8.78. The Balaban J connectivity index is 1.27. The number of hydrogen-bond donors (Lipinski definition) is 0. The summed E-state index contributed by atoms with van der Waals surface area (Å²) in [6.07, 6.45) is 11.7. The van der Waals surface area contributed by atoms with Crippen LogP contribution >= 0.6 is 0 Å². The van der Waals surface area contributed by atoms with Crippen molar-refractivity contribution in [2.24, 2.45) is 0 Å². The van der Waals surface area contributed by atoms with Crippen molar-refractivity contribution >= 4 is 78.3 Å². The highest BCUT2D eigenvalue weighted by Crippen LogP contribution is 2.48. The van der Waals surface area contributed by atoms with Gasteiger partial charge in [0.25, 0.3) is 0 Å². The molecule has 4 aromatic heterocycles. The zero-order chi connectivity index (χ0) is 39.8. The summed E-state index contributed by atoms with van der Waals surface area (Å²) < 4.78 is 0. The van der Waals surface area contributed by atoms with Crippen molar-refractivity contribution in [3.63, 3.8) is 0 Å². The lowest BCUT2D eigenvalue weighted by atomic mass is 9.84. The maximum absolute atomic E-state index is 4.52. The first-order valence-electron chi connectivity index (χ1n) is 18.9. The molecule has 0 aliphatic carbocycles. The quantitative estimate of drug-likeness (QED) is 0.134. The summed E-state index contributed by atoms with van der Waals surface area (Å²) in [4.78, 5) is 56.0. The lowest BCUT2D eigenvalue weighted by molar-refractivity contribution is 0.948. The third kappa shape index (κ3) is 6.08. The van der Waals surface area contributed by atoms with Gasteiger partial charge in [-0.25, -0.2) is 69.6 Å². The van der Waals surface area contributed by atoms with Crippen LogP contribution in [0.1, 0.15) is 0 Å². The number of anilines is 6. The molecule has 0 spiro atoms. The molecule has 60 heavy (non-hydrogen) atoms. The van der Waals surface area contributed by atoms with Gasteiger partial charge in [-0.2, -0.15) is 0 Å². The smallest absolute Gasteiger partial charge is 0.240 e. The summed E-state index contributed by atoms with van der Waals surface area (Å²) in [5, 5.41) is 8.54. The van der Waals surface area contributed by atoms with Crippen LogP contribution in [0, 0.1) is 0 Å². The molecule has 14 heteroatoms. The number of rotatable bonds is 8. The van der Waals surface area contributed by atoms with Crippen LogP contribution in [0.5, 0.6) is 0 Å². The molecule has 0 aliphatic rings. The van der Waals surface area contributed by atoms with Crippen LogP contribution in [-0.4, -0.2) is 59.8 Å². The van der Waals surface area contributed by atoms with Crippen molar-refractivity contribution in [3.05, 3.63) is 172 Å². The topological polar surface area (TPSA) is 161 Å². The number of fused-ring (bicyclic) bond motifs is 4. The van der Waals surface area contributed by atoms with Gasteiger partial charge in [-0.05, 0) is 102 Å². The third-order valence-corrected chi connectivity index (χ3v) is 10.4. The largest absolute Gasteiger partial charge is 0.247 e. The van der Waals surface area contributed by atoms with Crippen molar-refractivity contribution < 1.29 is 0 Å². The Kier molecular flexibility index (Phi) is 8.40. The summed E-state index contributed by atoms with van der Waals surface area (Å²) in [5.74, 6) is 1.44. The van der Waals surface area contributed by atoms with E-state index in [2.05, 4.69) is 169 Å². The zero-order valence-corrected chi connectivity index (χ0v) is 31.4. The number of aromatic nitrogens is 12. The van der Waals surface area contributed by atoms with Gasteiger partial charge in [0.05, 0.1) is 11.4 Å². The summed E-state index contributed by atoms with van der Waals surface area (Å²) in [6, 6.07) is 42.7. The standard InChI is InChI=1S/C46H28N14/c1-3-7-31-17-33(11-9-29(31)5-1)41-37-15-13-36(60(45-55-25-49-26-56-45)46-57-27-50-28-58-46)20-40(37)42(34-12-10-30-6-2-4-8-32(30)18-34)38-16-14-35(19-39(38)41)59(43-51-21-47-22-52-43)44-53-23-48-24-54-44/h1-28H. The summed E-state index contributed by atoms with van der Waals surface area (Å²) in [5.41, 5.74) is 5.63. The van der Waals surface area contributed by atoms with E-state index < -0.39 is 0 Å². The molecule has 282 valence electrons. The van der Waals surface area contributed by atoms with E-state index in [1.807, 2.05) is 12.1 Å². The molecule has 7 aromatic carbocycles. The van der Waals surface area contributed by atoms with Crippen LogP contribution in [-0.2, 0) is 0 Å². The molecule has 0 unspecified atom stereocenters. The van der Waals surface area contributed by atoms with Crippen molar-refractivity contribution in [2.75, 3.05) is 9.80 Å². The summed E-state index contributed by atoms with van der Waals surface area (Å²) >= 11 is 0. The van der Waals surface area contributed by atoms with E-state index in [1.54, 1.807) is 9.80 Å². The molecule has 0 saturated carbocycles. The molecule has 14 nitrogen and oxygen atoms in total. The zero-order valence-electron chi connectivity index (χ0n) is 31.4. The summed E-state index contributed by atoms with van der Waals surface area (Å²) in [6.45, 7) is 0. The van der Waals surface area contributed by atoms with Crippen molar-refractivity contribution in [1.82, 2.24) is 59.8 Å². The highest BCUT2D eigenvalue weighted by atomic mass is 15.4. The molecular formula is C46H28N14. The molecule has 0 saturated heterocycles. The fraction of sp³-hybridized carbons (Fsp3) is 0. The van der Waals surface area contributed by atoms with Crippen LogP contribution < -0.4 is 9.80 Å². The lowest BCUT2D eigenvalue weighted by Crippen LogP contribution is -2.16. The van der Waals surface area contributed by atoms with Gasteiger partial charge in [0.2, 0.25) is 23.8 Å². The predicted octanol–water partition coefficient (Wildman–Crippen LogP) is 9.31. The second-order valence-corrected chi connectivity index (χ2v) is 13.8. The minimum atomic E-state index is 0.361. The van der Waals surface area contributed by atoms with Gasteiger partial charge in [0.1, 0.15) is 50.6 Å². The molecule has 0 fully saturated rings. The minimum absolute atomic E-state index is 0.361. The molecule has 0 N–H and O–H groups in total. The second kappa shape index (κ2) is 14.6. The van der Waals surface area contributed by atoms with Gasteiger partial charge < -0.3 is 0 Å². The van der Waals surface area contributed by atoms with Gasteiger partial charge in [0.15, 0.2) is 0 Å². The predicted molar refractivity (Wildman–Crippen MR) is 230 cm³/mol. The molecular weight excluding hydrogens is 749 g/mol. The SMILES string of the molecule is c1ccc2cc(-c3c4ccc(N(c5ncncn5)c5ncncn5)cc4c(-c4ccc5ccccc5c4)c4ccc(N(c5ncncn5)c5ncncn5)cc34)ccc2c1. The Morgan fingerprint density at radius 2 is 0.617 bits per heavy atom. The molecule has 0 amide bonds. The van der Waals surface area contributed by atoms with E-state index in [4.69, 9.17) is 0 Å². The van der Waals surface area contributed by atoms with E-state index in [0.717, 1.165) is 76.7 Å². The number of benzene rings is 7. The van der Waals surface area contributed by atoms with Crippen molar-refractivity contribution in [3.8, 4) is 22.3 Å². The molecule has 0 bridgehead atoms. The minimum Gasteiger partial charge on any atom is -0.247 e. The fourth-order valence-electron chi connectivity index (χ4n) is 7.83. The van der Waals surface area contributed by atoms with Crippen molar-refractivity contribution in [2.45, 2.75) is 0 Å². The Bertz CT molecular complexity index is 3040. The van der Waals surface area contributed by atoms with Crippen molar-refractivity contribution in [1.29, 1.82) is 0 Å². The molecule has 0 atom stereocenters. The number of hydrogen-bond acceptors (Lipinski definition) is 14. The number of nitrogens with zero attached hydrogens (tertiary/aromatic N) is 14. The fourth-order valence-corrected chi connectivity index (χ4v) is 7.83. The average molecular weight is 777 g/mol. The van der Waals surface area contributed by atoms with Crippen LogP contribution in [0.25, 0.3) is 65.3 Å². The molecule has 11 aromatic rings. The molecule has 0 radical (unpaired) electrons. The second-order valence-electron chi connectivity index (χ2n) is 13.8. The molecule has 11 rings (SSSR count). The van der Waals surface area contributed by atoms with Gasteiger partial charge in [0, 0.05) is 0 Å². The monoisotopic (exact) mass is 776 g/mol. The van der Waals surface area contributed by atoms with Crippen LogP contribution in [0.2, 0.25) is 0 Å². The van der Waals surface area contributed by atoms with Crippen LogP contribution in [0.15, 0.2) is 172 Å². The van der Waals surface area contributed by atoms with E-state index in [-0.39, 0.29) is 0 Å². The Labute approximate surface area is 341 Å². The van der Waals surface area contributed by atoms with Gasteiger partial charge in [-0.3, -0.25) is 0 Å². The Morgan fingerprint density at radius 3 is 0.967 bits per heavy atom. The average Bonchev–Trinajstić information content (AvgIpc) is 3.32. The van der Waals surface area contributed by atoms with E-state index in [1.165, 1.54) is 50.6 Å². The first-order chi connectivity index (χ1) is 29.8. The highest BCUT2D eigenvalue weighted by Gasteiger charge is 2.25. The van der Waals surface area contributed by atoms with Crippen LogP contribution in [0.4, 0.5) is 35.2 Å². The van der Waals surface area contributed by atoms with Gasteiger partial charge in [-0.1, -0.05) is 84.9 Å². The summed E-state index contributed by atoms with van der Waals surface area (Å²) in [7, 11) is 0. The maximum atomic E-state index is 4.52. The molecule has 0 aliphatic heterocycles.